The summed E-state index contributed by atoms with van der Waals surface area (Å²) in [5.41, 5.74) is 3.81. The number of halogens is 1. The Balaban J connectivity index is 3.06. The van der Waals surface area contributed by atoms with Gasteiger partial charge in [-0.2, -0.15) is 0 Å². The average molecular weight is 266 g/mol. The molecule has 1 aromatic heterocycles. The number of hydrogen-bond donors (Lipinski definition) is 1. The van der Waals surface area contributed by atoms with E-state index in [9.17, 15) is 4.79 Å². The lowest BCUT2D eigenvalue weighted by molar-refractivity contribution is 1.17. The van der Waals surface area contributed by atoms with Crippen LogP contribution in [0.5, 0.6) is 0 Å². The molecule has 2 nitrogen and oxygen atoms in total. The van der Waals surface area contributed by atoms with Crippen molar-refractivity contribution in [2.24, 2.45) is 0 Å². The topological polar surface area (TPSA) is 32.9 Å². The van der Waals surface area contributed by atoms with Crippen molar-refractivity contribution >= 4 is 26.8 Å². The fourth-order valence-corrected chi connectivity index (χ4v) is 2.38. The van der Waals surface area contributed by atoms with Crippen LogP contribution in [0.3, 0.4) is 0 Å². The number of pyridine rings is 1. The highest BCUT2D eigenvalue weighted by Crippen LogP contribution is 2.22. The number of H-pyrrole nitrogens is 1. The third kappa shape index (κ3) is 1.61. The molecule has 1 heterocycles. The molecule has 0 spiro atoms. The first-order valence-electron chi connectivity index (χ1n) is 4.80. The summed E-state index contributed by atoms with van der Waals surface area (Å²) in [5, 5.41) is 0.755. The number of aromatic nitrogens is 1. The number of aryl methyl sites for hydroxylation is 2. The van der Waals surface area contributed by atoms with Crippen molar-refractivity contribution < 1.29 is 0 Å². The summed E-state index contributed by atoms with van der Waals surface area (Å²) in [5.74, 6) is 0. The summed E-state index contributed by atoms with van der Waals surface area (Å²) in [7, 11) is 0. The lowest BCUT2D eigenvalue weighted by Crippen LogP contribution is -2.10. The van der Waals surface area contributed by atoms with Crippen LogP contribution in [0.2, 0.25) is 0 Å². The normalized spacial score (nSPS) is 10.9. The van der Waals surface area contributed by atoms with Crippen molar-refractivity contribution in [2.45, 2.75) is 20.8 Å². The van der Waals surface area contributed by atoms with E-state index in [1.807, 2.05) is 32.9 Å². The van der Waals surface area contributed by atoms with Gasteiger partial charge in [-0.15, -0.1) is 0 Å². The number of hydrogen-bond acceptors (Lipinski definition) is 1. The van der Waals surface area contributed by atoms with Crippen molar-refractivity contribution in [3.63, 3.8) is 0 Å². The first-order chi connectivity index (χ1) is 7.00. The molecule has 2 rings (SSSR count). The van der Waals surface area contributed by atoms with Crippen LogP contribution < -0.4 is 5.43 Å². The summed E-state index contributed by atoms with van der Waals surface area (Å²) >= 11 is 3.47. The van der Waals surface area contributed by atoms with E-state index in [-0.39, 0.29) is 5.43 Å². The first-order valence-corrected chi connectivity index (χ1v) is 5.59. The molecule has 0 bridgehead atoms. The predicted octanol–water partition coefficient (Wildman–Crippen LogP) is 3.22. The zero-order valence-electron chi connectivity index (χ0n) is 8.94. The molecule has 0 unspecified atom stereocenters. The Kier molecular flexibility index (Phi) is 2.43. The van der Waals surface area contributed by atoms with E-state index in [0.29, 0.717) is 0 Å². The molecule has 0 radical (unpaired) electrons. The minimum atomic E-state index is 0.116. The minimum absolute atomic E-state index is 0.116. The van der Waals surface area contributed by atoms with E-state index in [0.717, 1.165) is 32.2 Å². The number of nitrogens with one attached hydrogen (secondary N) is 1. The molecule has 0 saturated heterocycles. The van der Waals surface area contributed by atoms with Crippen molar-refractivity contribution in [1.29, 1.82) is 0 Å². The van der Waals surface area contributed by atoms with Crippen LogP contribution in [0.25, 0.3) is 10.9 Å². The van der Waals surface area contributed by atoms with E-state index < -0.39 is 0 Å². The Morgan fingerprint density at radius 1 is 1.20 bits per heavy atom. The van der Waals surface area contributed by atoms with Crippen molar-refractivity contribution in [1.82, 2.24) is 4.98 Å². The zero-order chi connectivity index (χ0) is 11.2. The second kappa shape index (κ2) is 3.49. The number of fused-ring (bicyclic) bond motifs is 1. The van der Waals surface area contributed by atoms with Crippen LogP contribution in [-0.4, -0.2) is 4.98 Å². The molecular weight excluding hydrogens is 254 g/mol. The predicted molar refractivity (Wildman–Crippen MR) is 66.5 cm³/mol. The largest absolute Gasteiger partial charge is 0.357 e. The van der Waals surface area contributed by atoms with Gasteiger partial charge in [0.25, 0.3) is 0 Å². The van der Waals surface area contributed by atoms with Gasteiger partial charge >= 0.3 is 0 Å². The van der Waals surface area contributed by atoms with Gasteiger partial charge in [0.2, 0.25) is 0 Å². The second-order valence-corrected chi connectivity index (χ2v) is 4.73. The fraction of sp³-hybridized carbons (Fsp3) is 0.250. The maximum atomic E-state index is 12.0. The maximum absolute atomic E-state index is 12.0. The second-order valence-electron chi connectivity index (χ2n) is 3.87. The lowest BCUT2D eigenvalue weighted by atomic mass is 10.1. The summed E-state index contributed by atoms with van der Waals surface area (Å²) in [4.78, 5) is 15.3. The Morgan fingerprint density at radius 3 is 2.53 bits per heavy atom. The summed E-state index contributed by atoms with van der Waals surface area (Å²) in [6.07, 6.45) is 0. The van der Waals surface area contributed by atoms with Crippen LogP contribution in [0.4, 0.5) is 0 Å². The van der Waals surface area contributed by atoms with Crippen molar-refractivity contribution in [3.05, 3.63) is 43.6 Å². The van der Waals surface area contributed by atoms with Gasteiger partial charge in [-0.05, 0) is 54.4 Å². The molecule has 78 valence electrons. The van der Waals surface area contributed by atoms with Gasteiger partial charge < -0.3 is 4.98 Å². The molecule has 0 saturated carbocycles. The van der Waals surface area contributed by atoms with Gasteiger partial charge in [0.05, 0.1) is 5.52 Å². The minimum Gasteiger partial charge on any atom is -0.357 e. The van der Waals surface area contributed by atoms with Gasteiger partial charge in [-0.25, -0.2) is 0 Å². The molecule has 15 heavy (non-hydrogen) atoms. The van der Waals surface area contributed by atoms with E-state index in [2.05, 4.69) is 20.9 Å². The van der Waals surface area contributed by atoms with Gasteiger partial charge in [-0.3, -0.25) is 4.79 Å². The van der Waals surface area contributed by atoms with E-state index in [4.69, 9.17) is 0 Å². The quantitative estimate of drug-likeness (QED) is 0.780. The molecule has 0 amide bonds. The van der Waals surface area contributed by atoms with E-state index >= 15 is 0 Å². The monoisotopic (exact) mass is 265 g/mol. The SMILES string of the molecule is Cc1cc(Br)c2[nH]c(C)c(C)c(=O)c2c1. The highest BCUT2D eigenvalue weighted by atomic mass is 79.9. The molecular formula is C12H12BrNO. The zero-order valence-corrected chi connectivity index (χ0v) is 10.5. The van der Waals surface area contributed by atoms with Crippen molar-refractivity contribution in [2.75, 3.05) is 0 Å². The number of aromatic amines is 1. The molecule has 0 aliphatic rings. The van der Waals surface area contributed by atoms with Crippen molar-refractivity contribution in [3.8, 4) is 0 Å². The van der Waals surface area contributed by atoms with E-state index in [1.165, 1.54) is 0 Å². The smallest absolute Gasteiger partial charge is 0.192 e. The summed E-state index contributed by atoms with van der Waals surface area (Å²) < 4.78 is 0.942. The maximum Gasteiger partial charge on any atom is 0.192 e. The van der Waals surface area contributed by atoms with Gasteiger partial charge in [-0.1, -0.05) is 0 Å². The Hall–Kier alpha value is -1.09. The number of rotatable bonds is 0. The Labute approximate surface area is 96.5 Å². The lowest BCUT2D eigenvalue weighted by Gasteiger charge is -2.06. The molecule has 0 aliphatic heterocycles. The van der Waals surface area contributed by atoms with Crippen LogP contribution in [0, 0.1) is 20.8 Å². The first kappa shape index (κ1) is 10.4. The summed E-state index contributed by atoms with van der Waals surface area (Å²) in [6, 6.07) is 3.93. The molecule has 3 heteroatoms. The highest BCUT2D eigenvalue weighted by molar-refractivity contribution is 9.10. The molecule has 2 aromatic rings. The molecule has 0 fully saturated rings. The molecule has 0 aliphatic carbocycles. The highest BCUT2D eigenvalue weighted by Gasteiger charge is 2.08. The van der Waals surface area contributed by atoms with Gasteiger partial charge in [0, 0.05) is 21.1 Å². The third-order valence-electron chi connectivity index (χ3n) is 2.69. The molecule has 1 N–H and O–H groups in total. The van der Waals surface area contributed by atoms with Crippen LogP contribution in [-0.2, 0) is 0 Å². The molecule has 0 atom stereocenters. The molecule has 1 aromatic carbocycles. The summed E-state index contributed by atoms with van der Waals surface area (Å²) in [6.45, 7) is 5.76. The third-order valence-corrected chi connectivity index (χ3v) is 3.32. The average Bonchev–Trinajstić information content (AvgIpc) is 2.17. The van der Waals surface area contributed by atoms with Crippen LogP contribution in [0.1, 0.15) is 16.8 Å². The fourth-order valence-electron chi connectivity index (χ4n) is 1.70. The van der Waals surface area contributed by atoms with Crippen LogP contribution >= 0.6 is 15.9 Å². The Morgan fingerprint density at radius 2 is 1.87 bits per heavy atom. The van der Waals surface area contributed by atoms with Gasteiger partial charge in [0.1, 0.15) is 0 Å². The van der Waals surface area contributed by atoms with Gasteiger partial charge in [0.15, 0.2) is 5.43 Å². The Bertz CT molecular complexity index is 599. The van der Waals surface area contributed by atoms with Crippen LogP contribution in [0.15, 0.2) is 21.4 Å². The standard InChI is InChI=1S/C12H12BrNO/c1-6-4-9-11(10(13)5-6)14-8(3)7(2)12(9)15/h4-5H,1-3H3,(H,14,15). The number of benzene rings is 1. The van der Waals surface area contributed by atoms with E-state index in [1.54, 1.807) is 0 Å².